The van der Waals surface area contributed by atoms with Gasteiger partial charge in [0.25, 0.3) is 0 Å². The van der Waals surface area contributed by atoms with Gasteiger partial charge in [-0.1, -0.05) is 6.07 Å². The van der Waals surface area contributed by atoms with Crippen LogP contribution in [0.1, 0.15) is 6.92 Å². The van der Waals surface area contributed by atoms with Crippen LogP contribution in [0, 0.1) is 0 Å². The monoisotopic (exact) mass is 162 g/mol. The van der Waals surface area contributed by atoms with Gasteiger partial charge in [0, 0.05) is 5.22 Å². The van der Waals surface area contributed by atoms with Gasteiger partial charge in [0.2, 0.25) is 0 Å². The average molecular weight is 162 g/mol. The van der Waals surface area contributed by atoms with Crippen molar-refractivity contribution in [2.45, 2.75) is 6.92 Å². The van der Waals surface area contributed by atoms with Gasteiger partial charge in [0.1, 0.15) is 0 Å². The molecule has 0 aromatic heterocycles. The SMILES string of the molecule is CC1=c2ccc(NO)cc2=NC1. The predicted octanol–water partition coefficient (Wildman–Crippen LogP) is 0.291. The Morgan fingerprint density at radius 3 is 3.08 bits per heavy atom. The summed E-state index contributed by atoms with van der Waals surface area (Å²) >= 11 is 0. The molecule has 0 radical (unpaired) electrons. The van der Waals surface area contributed by atoms with E-state index in [2.05, 4.69) is 17.4 Å². The first-order valence-electron chi connectivity index (χ1n) is 3.86. The van der Waals surface area contributed by atoms with Gasteiger partial charge in [0.15, 0.2) is 0 Å². The van der Waals surface area contributed by atoms with Crippen molar-refractivity contribution in [1.29, 1.82) is 0 Å². The molecule has 1 heterocycles. The number of hydrogen-bond donors (Lipinski definition) is 2. The van der Waals surface area contributed by atoms with Crippen LogP contribution in [0.4, 0.5) is 5.69 Å². The molecule has 0 bridgehead atoms. The van der Waals surface area contributed by atoms with Crippen molar-refractivity contribution < 1.29 is 5.21 Å². The highest BCUT2D eigenvalue weighted by Crippen LogP contribution is 2.01. The topological polar surface area (TPSA) is 44.6 Å². The number of rotatable bonds is 1. The second-order valence-electron chi connectivity index (χ2n) is 2.94. The molecule has 1 aliphatic heterocycles. The lowest BCUT2D eigenvalue weighted by molar-refractivity contribution is 0.389. The molecule has 0 fully saturated rings. The molecule has 62 valence electrons. The molecule has 2 N–H and O–H groups in total. The summed E-state index contributed by atoms with van der Waals surface area (Å²) in [5, 5.41) is 10.8. The maximum Gasteiger partial charge on any atom is 0.0672 e. The molecule has 1 aromatic rings. The number of nitrogens with one attached hydrogen (secondary N) is 1. The fraction of sp³-hybridized carbons (Fsp3) is 0.222. The molecule has 0 aliphatic carbocycles. The Bertz CT molecular complexity index is 423. The standard InChI is InChI=1S/C9H10N2O/c1-6-5-10-9-4-7(11-12)2-3-8(6)9/h2-4,11-12H,5H2,1H3. The van der Waals surface area contributed by atoms with Crippen molar-refractivity contribution in [3.63, 3.8) is 0 Å². The highest BCUT2D eigenvalue weighted by atomic mass is 16.5. The summed E-state index contributed by atoms with van der Waals surface area (Å²) in [5.41, 5.74) is 4.08. The average Bonchev–Trinajstić information content (AvgIpc) is 2.47. The van der Waals surface area contributed by atoms with Crippen LogP contribution in [-0.2, 0) is 0 Å². The highest BCUT2D eigenvalue weighted by molar-refractivity contribution is 5.50. The smallest absolute Gasteiger partial charge is 0.0672 e. The van der Waals surface area contributed by atoms with E-state index in [4.69, 9.17) is 5.21 Å². The molecule has 2 rings (SSSR count). The maximum atomic E-state index is 8.64. The number of benzene rings is 1. The Labute approximate surface area is 70.0 Å². The number of fused-ring (bicyclic) bond motifs is 1. The zero-order valence-electron chi connectivity index (χ0n) is 6.83. The van der Waals surface area contributed by atoms with Gasteiger partial charge < -0.3 is 0 Å². The highest BCUT2D eigenvalue weighted by Gasteiger charge is 2.01. The van der Waals surface area contributed by atoms with Gasteiger partial charge in [-0.05, 0) is 24.6 Å². The zero-order valence-corrected chi connectivity index (χ0v) is 6.83. The van der Waals surface area contributed by atoms with Gasteiger partial charge in [-0.25, -0.2) is 0 Å². The Morgan fingerprint density at radius 1 is 1.50 bits per heavy atom. The molecule has 0 spiro atoms. The Balaban J connectivity index is 2.72. The van der Waals surface area contributed by atoms with Gasteiger partial charge in [0.05, 0.1) is 17.6 Å². The molecule has 1 aromatic carbocycles. The van der Waals surface area contributed by atoms with Crippen LogP contribution in [0.25, 0.3) is 5.57 Å². The fourth-order valence-corrected chi connectivity index (χ4v) is 1.38. The van der Waals surface area contributed by atoms with Crippen LogP contribution >= 0.6 is 0 Å². The van der Waals surface area contributed by atoms with Gasteiger partial charge >= 0.3 is 0 Å². The second kappa shape index (κ2) is 2.60. The first-order chi connectivity index (χ1) is 5.81. The third-order valence-electron chi connectivity index (χ3n) is 2.07. The van der Waals surface area contributed by atoms with Crippen molar-refractivity contribution in [1.82, 2.24) is 0 Å². The molecule has 0 saturated heterocycles. The van der Waals surface area contributed by atoms with E-state index in [-0.39, 0.29) is 0 Å². The van der Waals surface area contributed by atoms with Gasteiger partial charge in [-0.15, -0.1) is 0 Å². The summed E-state index contributed by atoms with van der Waals surface area (Å²) in [7, 11) is 0. The van der Waals surface area contributed by atoms with Crippen LogP contribution in [0.2, 0.25) is 0 Å². The van der Waals surface area contributed by atoms with Crippen molar-refractivity contribution in [2.24, 2.45) is 4.99 Å². The lowest BCUT2D eigenvalue weighted by Gasteiger charge is -1.95. The Kier molecular flexibility index (Phi) is 1.59. The Morgan fingerprint density at radius 2 is 2.33 bits per heavy atom. The minimum Gasteiger partial charge on any atom is -0.291 e. The molecule has 3 nitrogen and oxygen atoms in total. The van der Waals surface area contributed by atoms with E-state index in [0.29, 0.717) is 5.69 Å². The van der Waals surface area contributed by atoms with Crippen molar-refractivity contribution >= 4 is 11.3 Å². The van der Waals surface area contributed by atoms with Gasteiger partial charge in [-0.2, -0.15) is 0 Å². The summed E-state index contributed by atoms with van der Waals surface area (Å²) in [4.78, 5) is 4.30. The van der Waals surface area contributed by atoms with Crippen LogP contribution < -0.4 is 16.1 Å². The number of hydrogen-bond acceptors (Lipinski definition) is 3. The molecule has 0 amide bonds. The van der Waals surface area contributed by atoms with Crippen LogP contribution in [0.5, 0.6) is 0 Å². The third kappa shape index (κ3) is 0.987. The first kappa shape index (κ1) is 7.31. The van der Waals surface area contributed by atoms with Crippen LogP contribution in [0.3, 0.4) is 0 Å². The number of anilines is 1. The zero-order chi connectivity index (χ0) is 8.55. The van der Waals surface area contributed by atoms with Crippen molar-refractivity contribution in [2.75, 3.05) is 12.0 Å². The molecular weight excluding hydrogens is 152 g/mol. The lowest BCUT2D eigenvalue weighted by atomic mass is 10.2. The van der Waals surface area contributed by atoms with Gasteiger partial charge in [-0.3, -0.25) is 15.7 Å². The normalized spacial score (nSPS) is 14.0. The number of nitrogens with zero attached hydrogens (tertiary/aromatic N) is 1. The minimum absolute atomic E-state index is 0.687. The summed E-state index contributed by atoms with van der Waals surface area (Å²) in [6.07, 6.45) is 0. The summed E-state index contributed by atoms with van der Waals surface area (Å²) in [6.45, 7) is 2.85. The molecular formula is C9H10N2O. The molecule has 3 heteroatoms. The summed E-state index contributed by atoms with van der Waals surface area (Å²) in [6, 6.07) is 5.65. The largest absolute Gasteiger partial charge is 0.291 e. The van der Waals surface area contributed by atoms with Crippen LogP contribution in [-0.4, -0.2) is 11.8 Å². The minimum atomic E-state index is 0.687. The summed E-state index contributed by atoms with van der Waals surface area (Å²) in [5.74, 6) is 0. The summed E-state index contributed by atoms with van der Waals surface area (Å²) < 4.78 is 0. The molecule has 0 saturated carbocycles. The van der Waals surface area contributed by atoms with E-state index in [1.54, 1.807) is 0 Å². The predicted molar refractivity (Wildman–Crippen MR) is 46.6 cm³/mol. The second-order valence-corrected chi connectivity index (χ2v) is 2.94. The van der Waals surface area contributed by atoms with E-state index in [0.717, 1.165) is 11.9 Å². The van der Waals surface area contributed by atoms with E-state index >= 15 is 0 Å². The van der Waals surface area contributed by atoms with Crippen molar-refractivity contribution in [3.8, 4) is 0 Å². The van der Waals surface area contributed by atoms with E-state index in [9.17, 15) is 0 Å². The quantitative estimate of drug-likeness (QED) is 0.583. The third-order valence-corrected chi connectivity index (χ3v) is 2.07. The van der Waals surface area contributed by atoms with E-state index in [1.807, 2.05) is 18.2 Å². The molecule has 0 atom stereocenters. The van der Waals surface area contributed by atoms with E-state index in [1.165, 1.54) is 10.8 Å². The Hall–Kier alpha value is -1.35. The lowest BCUT2D eigenvalue weighted by Crippen LogP contribution is -2.22. The van der Waals surface area contributed by atoms with E-state index < -0.39 is 0 Å². The van der Waals surface area contributed by atoms with Crippen LogP contribution in [0.15, 0.2) is 23.2 Å². The maximum absolute atomic E-state index is 8.64. The molecule has 12 heavy (non-hydrogen) atoms. The molecule has 1 aliphatic rings. The fourth-order valence-electron chi connectivity index (χ4n) is 1.38. The first-order valence-corrected chi connectivity index (χ1v) is 3.86. The van der Waals surface area contributed by atoms with Crippen molar-refractivity contribution in [3.05, 3.63) is 28.8 Å². The molecule has 0 unspecified atom stereocenters.